The van der Waals surface area contributed by atoms with Crippen LogP contribution in [0.5, 0.6) is 0 Å². The van der Waals surface area contributed by atoms with Crippen LogP contribution in [0.2, 0.25) is 0 Å². The molecule has 1 aromatic carbocycles. The third-order valence-electron chi connectivity index (χ3n) is 4.54. The minimum atomic E-state index is -0.192. The molecule has 0 saturated carbocycles. The van der Waals surface area contributed by atoms with Crippen molar-refractivity contribution in [1.82, 2.24) is 14.7 Å². The summed E-state index contributed by atoms with van der Waals surface area (Å²) in [6.07, 6.45) is 4.49. The van der Waals surface area contributed by atoms with Crippen molar-refractivity contribution >= 4 is 0 Å². The monoisotopic (exact) mass is 317 g/mol. The molecule has 0 aliphatic carbocycles. The zero-order valence-electron chi connectivity index (χ0n) is 13.8. The molecule has 1 aromatic heterocycles. The Morgan fingerprint density at radius 3 is 2.70 bits per heavy atom. The van der Waals surface area contributed by atoms with Crippen molar-refractivity contribution < 1.29 is 9.13 Å². The summed E-state index contributed by atoms with van der Waals surface area (Å²) in [5, 5.41) is 4.33. The van der Waals surface area contributed by atoms with Crippen LogP contribution in [0.3, 0.4) is 0 Å². The lowest BCUT2D eigenvalue weighted by molar-refractivity contribution is 0.0678. The van der Waals surface area contributed by atoms with E-state index in [1.165, 1.54) is 23.4 Å². The normalized spacial score (nSPS) is 18.0. The molecule has 1 atom stereocenters. The Kier molecular flexibility index (Phi) is 5.08. The van der Waals surface area contributed by atoms with E-state index in [9.17, 15) is 4.39 Å². The summed E-state index contributed by atoms with van der Waals surface area (Å²) in [5.41, 5.74) is 3.53. The molecular weight excluding hydrogens is 293 g/mol. The van der Waals surface area contributed by atoms with E-state index in [2.05, 4.69) is 16.9 Å². The summed E-state index contributed by atoms with van der Waals surface area (Å²) in [7, 11) is 1.96. The Bertz CT molecular complexity index is 632. The van der Waals surface area contributed by atoms with E-state index >= 15 is 0 Å². The van der Waals surface area contributed by atoms with Crippen LogP contribution in [-0.4, -0.2) is 33.9 Å². The van der Waals surface area contributed by atoms with Crippen LogP contribution in [-0.2, 0) is 24.9 Å². The number of benzene rings is 1. The van der Waals surface area contributed by atoms with E-state index in [1.54, 1.807) is 0 Å². The van der Waals surface area contributed by atoms with Crippen LogP contribution < -0.4 is 0 Å². The fourth-order valence-electron chi connectivity index (χ4n) is 3.05. The highest BCUT2D eigenvalue weighted by atomic mass is 19.1. The molecule has 1 saturated heterocycles. The molecule has 0 bridgehead atoms. The highest BCUT2D eigenvalue weighted by molar-refractivity contribution is 5.18. The highest BCUT2D eigenvalue weighted by Crippen LogP contribution is 2.18. The molecule has 1 fully saturated rings. The summed E-state index contributed by atoms with van der Waals surface area (Å²) < 4.78 is 20.8. The van der Waals surface area contributed by atoms with Gasteiger partial charge in [-0.1, -0.05) is 12.1 Å². The number of hydrogen-bond donors (Lipinski definition) is 0. The lowest BCUT2D eigenvalue weighted by atomic mass is 10.1. The Morgan fingerprint density at radius 1 is 1.30 bits per heavy atom. The molecular formula is C18H24FN3O. The van der Waals surface area contributed by atoms with Crippen molar-refractivity contribution in [1.29, 1.82) is 0 Å². The van der Waals surface area contributed by atoms with Crippen LogP contribution in [0.4, 0.5) is 4.39 Å². The van der Waals surface area contributed by atoms with Gasteiger partial charge in [0.05, 0.1) is 12.3 Å². The minimum Gasteiger partial charge on any atom is -0.377 e. The first kappa shape index (κ1) is 16.1. The maximum atomic E-state index is 13.1. The zero-order valence-corrected chi connectivity index (χ0v) is 13.8. The van der Waals surface area contributed by atoms with Crippen LogP contribution in [0.15, 0.2) is 30.5 Å². The predicted octanol–water partition coefficient (Wildman–Crippen LogP) is 3.05. The number of rotatable bonds is 6. The lowest BCUT2D eigenvalue weighted by Crippen LogP contribution is -2.31. The molecule has 0 N–H and O–H groups in total. The van der Waals surface area contributed by atoms with Crippen LogP contribution >= 0.6 is 0 Å². The maximum absolute atomic E-state index is 13.1. The van der Waals surface area contributed by atoms with Crippen LogP contribution in [0.1, 0.15) is 29.7 Å². The van der Waals surface area contributed by atoms with Gasteiger partial charge in [-0.3, -0.25) is 9.58 Å². The van der Waals surface area contributed by atoms with Gasteiger partial charge in [-0.15, -0.1) is 0 Å². The molecule has 2 heterocycles. The molecule has 23 heavy (non-hydrogen) atoms. The second-order valence-corrected chi connectivity index (χ2v) is 6.31. The third kappa shape index (κ3) is 4.18. The van der Waals surface area contributed by atoms with Crippen molar-refractivity contribution in [2.45, 2.75) is 39.0 Å². The van der Waals surface area contributed by atoms with Gasteiger partial charge in [0.1, 0.15) is 5.82 Å². The quantitative estimate of drug-likeness (QED) is 0.820. The molecule has 0 amide bonds. The first-order chi connectivity index (χ1) is 11.1. The SMILES string of the molecule is Cc1c(CN(Cc2ccc(F)cc2)C[C@H]2CCCO2)cnn1C. The molecule has 4 nitrogen and oxygen atoms in total. The van der Waals surface area contributed by atoms with Crippen LogP contribution in [0.25, 0.3) is 0 Å². The number of aryl methyl sites for hydroxylation is 1. The largest absolute Gasteiger partial charge is 0.377 e. The number of hydrogen-bond acceptors (Lipinski definition) is 3. The Labute approximate surface area is 136 Å². The Balaban J connectivity index is 1.72. The minimum absolute atomic E-state index is 0.192. The number of nitrogens with zero attached hydrogens (tertiary/aromatic N) is 3. The van der Waals surface area contributed by atoms with Gasteiger partial charge in [-0.25, -0.2) is 4.39 Å². The highest BCUT2D eigenvalue weighted by Gasteiger charge is 2.20. The number of halogens is 1. The van der Waals surface area contributed by atoms with Gasteiger partial charge in [0.15, 0.2) is 0 Å². The smallest absolute Gasteiger partial charge is 0.123 e. The van der Waals surface area contributed by atoms with Crippen molar-refractivity contribution in [2.75, 3.05) is 13.2 Å². The van der Waals surface area contributed by atoms with Crippen molar-refractivity contribution in [3.8, 4) is 0 Å². The second kappa shape index (κ2) is 7.23. The number of aromatic nitrogens is 2. The third-order valence-corrected chi connectivity index (χ3v) is 4.54. The van der Waals surface area contributed by atoms with Gasteiger partial charge in [-0.05, 0) is 37.5 Å². The van der Waals surface area contributed by atoms with Gasteiger partial charge in [0.2, 0.25) is 0 Å². The summed E-state index contributed by atoms with van der Waals surface area (Å²) in [4.78, 5) is 2.37. The van der Waals surface area contributed by atoms with Gasteiger partial charge in [0.25, 0.3) is 0 Å². The van der Waals surface area contributed by atoms with E-state index < -0.39 is 0 Å². The number of ether oxygens (including phenoxy) is 1. The molecule has 124 valence electrons. The molecule has 5 heteroatoms. The maximum Gasteiger partial charge on any atom is 0.123 e. The first-order valence-corrected chi connectivity index (χ1v) is 8.17. The Hall–Kier alpha value is -1.72. The molecule has 3 rings (SSSR count). The molecule has 0 radical (unpaired) electrons. The van der Waals surface area contributed by atoms with Gasteiger partial charge in [0, 0.05) is 44.5 Å². The summed E-state index contributed by atoms with van der Waals surface area (Å²) >= 11 is 0. The average Bonchev–Trinajstić information content (AvgIpc) is 3.15. The van der Waals surface area contributed by atoms with E-state index in [0.717, 1.165) is 44.6 Å². The standard InChI is InChI=1S/C18H24FN3O/c1-14-16(10-20-21(14)2)12-22(13-18-4-3-9-23-18)11-15-5-7-17(19)8-6-15/h5-8,10,18H,3-4,9,11-13H2,1-2H3/t18-/m1/s1. The van der Waals surface area contributed by atoms with Crippen molar-refractivity contribution in [2.24, 2.45) is 7.05 Å². The van der Waals surface area contributed by atoms with Gasteiger partial charge in [-0.2, -0.15) is 5.10 Å². The summed E-state index contributed by atoms with van der Waals surface area (Å²) in [5.74, 6) is -0.192. The lowest BCUT2D eigenvalue weighted by Gasteiger charge is -2.25. The average molecular weight is 317 g/mol. The van der Waals surface area contributed by atoms with E-state index in [-0.39, 0.29) is 5.82 Å². The fourth-order valence-corrected chi connectivity index (χ4v) is 3.05. The van der Waals surface area contributed by atoms with Crippen molar-refractivity contribution in [3.63, 3.8) is 0 Å². The van der Waals surface area contributed by atoms with E-state index in [1.807, 2.05) is 30.1 Å². The van der Waals surface area contributed by atoms with Crippen LogP contribution in [0, 0.1) is 12.7 Å². The van der Waals surface area contributed by atoms with Crippen molar-refractivity contribution in [3.05, 3.63) is 53.1 Å². The van der Waals surface area contributed by atoms with Gasteiger partial charge < -0.3 is 4.74 Å². The van der Waals surface area contributed by atoms with Gasteiger partial charge >= 0.3 is 0 Å². The second-order valence-electron chi connectivity index (χ2n) is 6.31. The topological polar surface area (TPSA) is 30.3 Å². The molecule has 0 unspecified atom stereocenters. The molecule has 0 spiro atoms. The summed E-state index contributed by atoms with van der Waals surface area (Å²) in [6.45, 7) is 5.46. The summed E-state index contributed by atoms with van der Waals surface area (Å²) in [6, 6.07) is 6.76. The van der Waals surface area contributed by atoms with E-state index in [0.29, 0.717) is 6.10 Å². The first-order valence-electron chi connectivity index (χ1n) is 8.17. The molecule has 1 aliphatic heterocycles. The fraction of sp³-hybridized carbons (Fsp3) is 0.500. The zero-order chi connectivity index (χ0) is 16.2. The molecule has 1 aliphatic rings. The predicted molar refractivity (Wildman–Crippen MR) is 87.4 cm³/mol. The Morgan fingerprint density at radius 2 is 2.09 bits per heavy atom. The van der Waals surface area contributed by atoms with E-state index in [4.69, 9.17) is 4.74 Å². The molecule has 2 aromatic rings.